The summed E-state index contributed by atoms with van der Waals surface area (Å²) in [6.07, 6.45) is 1.67. The summed E-state index contributed by atoms with van der Waals surface area (Å²) in [5.74, 6) is 0. The lowest BCUT2D eigenvalue weighted by Gasteiger charge is -2.20. The number of carbonyl (C=O) groups is 1. The Kier molecular flexibility index (Phi) is 5.44. The van der Waals surface area contributed by atoms with Crippen LogP contribution in [0.5, 0.6) is 0 Å². The van der Waals surface area contributed by atoms with Gasteiger partial charge in [-0.25, -0.2) is 4.79 Å². The second-order valence-corrected chi connectivity index (χ2v) is 5.41. The minimum absolute atomic E-state index is 0.165. The van der Waals surface area contributed by atoms with Crippen LogP contribution in [0.15, 0.2) is 24.3 Å². The first-order valence-corrected chi connectivity index (χ1v) is 7.54. The topological polar surface area (TPSA) is 53.6 Å². The summed E-state index contributed by atoms with van der Waals surface area (Å²) in [5.41, 5.74) is 2.52. The van der Waals surface area contributed by atoms with E-state index in [1.54, 1.807) is 0 Å². The number of benzene rings is 1. The summed E-state index contributed by atoms with van der Waals surface area (Å²) in [6.45, 7) is 3.97. The van der Waals surface area contributed by atoms with E-state index >= 15 is 0 Å². The standard InChI is InChI=1S/C16H25N3O2/c1-4-15(17-2)12-5-7-14(8-6-12)19-10-9-13(11-19)18-16(20)21-3/h5-8,13,15,17H,4,9-11H2,1-3H3,(H,18,20). The van der Waals surface area contributed by atoms with Crippen molar-refractivity contribution in [2.75, 3.05) is 32.1 Å². The van der Waals surface area contributed by atoms with Gasteiger partial charge in [0.15, 0.2) is 0 Å². The third-order valence-electron chi connectivity index (χ3n) is 4.11. The molecule has 1 fully saturated rings. The molecule has 1 aliphatic heterocycles. The van der Waals surface area contributed by atoms with Crippen LogP contribution in [-0.4, -0.2) is 39.4 Å². The molecule has 5 heteroatoms. The molecular formula is C16H25N3O2. The monoisotopic (exact) mass is 291 g/mol. The molecule has 0 bridgehead atoms. The molecule has 5 nitrogen and oxygen atoms in total. The van der Waals surface area contributed by atoms with Crippen LogP contribution in [0, 0.1) is 0 Å². The van der Waals surface area contributed by atoms with E-state index in [0.717, 1.165) is 25.9 Å². The summed E-state index contributed by atoms with van der Waals surface area (Å²) in [5, 5.41) is 6.18. The van der Waals surface area contributed by atoms with Gasteiger partial charge >= 0.3 is 6.09 Å². The zero-order chi connectivity index (χ0) is 15.2. The predicted octanol–water partition coefficient (Wildman–Crippen LogP) is 2.29. The van der Waals surface area contributed by atoms with Crippen LogP contribution in [0.3, 0.4) is 0 Å². The molecule has 0 saturated carbocycles. The number of alkyl carbamates (subject to hydrolysis) is 1. The Labute approximate surface area is 126 Å². The van der Waals surface area contributed by atoms with Crippen molar-refractivity contribution in [1.29, 1.82) is 0 Å². The van der Waals surface area contributed by atoms with E-state index in [1.165, 1.54) is 18.4 Å². The number of rotatable bonds is 5. The Morgan fingerprint density at radius 3 is 2.71 bits per heavy atom. The van der Waals surface area contributed by atoms with Crippen molar-refractivity contribution >= 4 is 11.8 Å². The Balaban J connectivity index is 1.95. The SMILES string of the molecule is CCC(NC)c1ccc(N2CCC(NC(=O)OC)C2)cc1. The number of hydrogen-bond donors (Lipinski definition) is 2. The Hall–Kier alpha value is -1.75. The van der Waals surface area contributed by atoms with Crippen molar-refractivity contribution in [3.8, 4) is 0 Å². The second kappa shape index (κ2) is 7.31. The smallest absolute Gasteiger partial charge is 0.407 e. The molecule has 2 rings (SSSR count). The fraction of sp³-hybridized carbons (Fsp3) is 0.562. The van der Waals surface area contributed by atoms with Gasteiger partial charge in [-0.2, -0.15) is 0 Å². The van der Waals surface area contributed by atoms with E-state index < -0.39 is 0 Å². The molecule has 116 valence electrons. The summed E-state index contributed by atoms with van der Waals surface area (Å²) in [7, 11) is 3.39. The molecule has 2 N–H and O–H groups in total. The number of nitrogens with one attached hydrogen (secondary N) is 2. The number of carbonyl (C=O) groups excluding carboxylic acids is 1. The van der Waals surface area contributed by atoms with Crippen LogP contribution in [0.4, 0.5) is 10.5 Å². The Morgan fingerprint density at radius 1 is 1.43 bits per heavy atom. The molecule has 0 aliphatic carbocycles. The molecule has 0 spiro atoms. The maximum Gasteiger partial charge on any atom is 0.407 e. The highest BCUT2D eigenvalue weighted by Crippen LogP contribution is 2.24. The molecule has 2 unspecified atom stereocenters. The quantitative estimate of drug-likeness (QED) is 0.874. The highest BCUT2D eigenvalue weighted by Gasteiger charge is 2.24. The zero-order valence-electron chi connectivity index (χ0n) is 13.1. The highest BCUT2D eigenvalue weighted by molar-refractivity contribution is 5.67. The van der Waals surface area contributed by atoms with Gasteiger partial charge in [0.1, 0.15) is 0 Å². The Morgan fingerprint density at radius 2 is 2.14 bits per heavy atom. The molecular weight excluding hydrogens is 266 g/mol. The number of amides is 1. The summed E-state index contributed by atoms with van der Waals surface area (Å²) >= 11 is 0. The average molecular weight is 291 g/mol. The maximum absolute atomic E-state index is 11.2. The first-order valence-electron chi connectivity index (χ1n) is 7.54. The van der Waals surface area contributed by atoms with Gasteiger partial charge in [-0.15, -0.1) is 0 Å². The van der Waals surface area contributed by atoms with Gasteiger partial charge in [0, 0.05) is 24.8 Å². The molecule has 1 amide bonds. The number of anilines is 1. The van der Waals surface area contributed by atoms with E-state index in [9.17, 15) is 4.79 Å². The van der Waals surface area contributed by atoms with Gasteiger partial charge in [0.2, 0.25) is 0 Å². The van der Waals surface area contributed by atoms with Crippen molar-refractivity contribution in [2.24, 2.45) is 0 Å². The van der Waals surface area contributed by atoms with Gasteiger partial charge in [-0.1, -0.05) is 19.1 Å². The van der Waals surface area contributed by atoms with E-state index in [2.05, 4.69) is 51.5 Å². The van der Waals surface area contributed by atoms with Gasteiger partial charge in [-0.3, -0.25) is 0 Å². The van der Waals surface area contributed by atoms with Gasteiger partial charge in [-0.05, 0) is 37.6 Å². The van der Waals surface area contributed by atoms with Crippen molar-refractivity contribution in [3.05, 3.63) is 29.8 Å². The van der Waals surface area contributed by atoms with Crippen LogP contribution >= 0.6 is 0 Å². The lowest BCUT2D eigenvalue weighted by molar-refractivity contribution is 0.167. The minimum Gasteiger partial charge on any atom is -0.453 e. The molecule has 21 heavy (non-hydrogen) atoms. The number of nitrogens with zero attached hydrogens (tertiary/aromatic N) is 1. The molecule has 1 aromatic carbocycles. The molecule has 2 atom stereocenters. The van der Waals surface area contributed by atoms with Crippen molar-refractivity contribution in [3.63, 3.8) is 0 Å². The normalized spacial score (nSPS) is 19.4. The van der Waals surface area contributed by atoms with Crippen LogP contribution in [0.2, 0.25) is 0 Å². The molecule has 1 heterocycles. The van der Waals surface area contributed by atoms with Crippen molar-refractivity contribution < 1.29 is 9.53 Å². The van der Waals surface area contributed by atoms with Gasteiger partial charge < -0.3 is 20.3 Å². The molecule has 0 radical (unpaired) electrons. The van der Waals surface area contributed by atoms with E-state index in [1.807, 2.05) is 7.05 Å². The second-order valence-electron chi connectivity index (χ2n) is 5.41. The summed E-state index contributed by atoms with van der Waals surface area (Å²) in [4.78, 5) is 13.5. The summed E-state index contributed by atoms with van der Waals surface area (Å²) < 4.78 is 4.64. The van der Waals surface area contributed by atoms with E-state index in [0.29, 0.717) is 6.04 Å². The summed E-state index contributed by atoms with van der Waals surface area (Å²) in [6, 6.07) is 9.26. The third-order valence-corrected chi connectivity index (χ3v) is 4.11. The zero-order valence-corrected chi connectivity index (χ0v) is 13.1. The number of methoxy groups -OCH3 is 1. The van der Waals surface area contributed by atoms with Crippen LogP contribution in [0.1, 0.15) is 31.4 Å². The highest BCUT2D eigenvalue weighted by atomic mass is 16.5. The Bertz CT molecular complexity index is 457. The first kappa shape index (κ1) is 15.6. The molecule has 0 aromatic heterocycles. The van der Waals surface area contributed by atoms with Gasteiger partial charge in [0.25, 0.3) is 0 Å². The predicted molar refractivity (Wildman–Crippen MR) is 84.7 cm³/mol. The van der Waals surface area contributed by atoms with Crippen LogP contribution < -0.4 is 15.5 Å². The molecule has 1 saturated heterocycles. The maximum atomic E-state index is 11.2. The van der Waals surface area contributed by atoms with Crippen molar-refractivity contribution in [1.82, 2.24) is 10.6 Å². The molecule has 1 aliphatic rings. The number of ether oxygens (including phenoxy) is 1. The lowest BCUT2D eigenvalue weighted by Crippen LogP contribution is -2.36. The molecule has 1 aromatic rings. The van der Waals surface area contributed by atoms with Gasteiger partial charge in [0.05, 0.1) is 13.2 Å². The van der Waals surface area contributed by atoms with Crippen LogP contribution in [-0.2, 0) is 4.74 Å². The van der Waals surface area contributed by atoms with E-state index in [-0.39, 0.29) is 12.1 Å². The largest absolute Gasteiger partial charge is 0.453 e. The average Bonchev–Trinajstić information content (AvgIpc) is 2.97. The third kappa shape index (κ3) is 3.88. The number of hydrogen-bond acceptors (Lipinski definition) is 4. The fourth-order valence-corrected chi connectivity index (χ4v) is 2.86. The van der Waals surface area contributed by atoms with Crippen LogP contribution in [0.25, 0.3) is 0 Å². The lowest BCUT2D eigenvalue weighted by atomic mass is 10.0. The first-order chi connectivity index (χ1) is 10.2. The fourth-order valence-electron chi connectivity index (χ4n) is 2.86. The minimum atomic E-state index is -0.350. The van der Waals surface area contributed by atoms with Crippen molar-refractivity contribution in [2.45, 2.75) is 31.8 Å². The van der Waals surface area contributed by atoms with E-state index in [4.69, 9.17) is 0 Å².